The third kappa shape index (κ3) is 2.76. The second-order valence-corrected chi connectivity index (χ2v) is 4.86. The number of hydrogen-bond acceptors (Lipinski definition) is 5. The number of aryl methyl sites for hydroxylation is 1. The molecular weight excluding hydrogens is 282 g/mol. The van der Waals surface area contributed by atoms with Gasteiger partial charge in [0.2, 0.25) is 0 Å². The number of pyridine rings is 1. The molecule has 3 rings (SSSR count). The topological polar surface area (TPSA) is 65.7 Å². The van der Waals surface area contributed by atoms with Crippen LogP contribution < -0.4 is 4.74 Å². The fraction of sp³-hybridized carbons (Fsp3) is 0.188. The molecular formula is C16H15N3O3. The first-order valence-corrected chi connectivity index (χ1v) is 6.79. The molecule has 22 heavy (non-hydrogen) atoms. The lowest BCUT2D eigenvalue weighted by molar-refractivity contribution is 0.0600. The van der Waals surface area contributed by atoms with Crippen molar-refractivity contribution in [3.05, 3.63) is 59.5 Å². The summed E-state index contributed by atoms with van der Waals surface area (Å²) in [7, 11) is 1.34. The van der Waals surface area contributed by atoms with Crippen molar-refractivity contribution in [1.82, 2.24) is 14.6 Å². The molecule has 0 amide bonds. The second-order valence-electron chi connectivity index (χ2n) is 4.86. The van der Waals surface area contributed by atoms with Gasteiger partial charge in [0, 0.05) is 6.20 Å². The number of benzene rings is 1. The highest BCUT2D eigenvalue weighted by atomic mass is 16.5. The zero-order valence-corrected chi connectivity index (χ0v) is 12.3. The van der Waals surface area contributed by atoms with Crippen molar-refractivity contribution >= 4 is 11.6 Å². The van der Waals surface area contributed by atoms with E-state index >= 15 is 0 Å². The van der Waals surface area contributed by atoms with Crippen molar-refractivity contribution in [1.29, 1.82) is 0 Å². The van der Waals surface area contributed by atoms with E-state index in [0.717, 1.165) is 11.3 Å². The Balaban J connectivity index is 1.81. The number of hydrogen-bond donors (Lipinski definition) is 0. The first-order valence-electron chi connectivity index (χ1n) is 6.79. The lowest BCUT2D eigenvalue weighted by Gasteiger charge is -2.06. The number of carbonyl (C=O) groups excluding carboxylic acids is 1. The first-order chi connectivity index (χ1) is 10.7. The molecule has 112 valence electrons. The van der Waals surface area contributed by atoms with E-state index in [0.29, 0.717) is 23.6 Å². The maximum Gasteiger partial charge on any atom is 0.338 e. The molecule has 0 spiro atoms. The summed E-state index contributed by atoms with van der Waals surface area (Å²) in [6.07, 6.45) is 1.73. The van der Waals surface area contributed by atoms with Crippen LogP contribution in [0.2, 0.25) is 0 Å². The Hall–Kier alpha value is -2.89. The van der Waals surface area contributed by atoms with Crippen LogP contribution in [0.4, 0.5) is 0 Å². The zero-order chi connectivity index (χ0) is 15.5. The fourth-order valence-corrected chi connectivity index (χ4v) is 2.14. The van der Waals surface area contributed by atoms with Crippen LogP contribution in [0.15, 0.2) is 42.6 Å². The van der Waals surface area contributed by atoms with Crippen molar-refractivity contribution in [2.24, 2.45) is 0 Å². The molecule has 1 aromatic carbocycles. The summed E-state index contributed by atoms with van der Waals surface area (Å²) in [5.41, 5.74) is 2.14. The Kier molecular flexibility index (Phi) is 3.74. The third-order valence-electron chi connectivity index (χ3n) is 3.26. The summed E-state index contributed by atoms with van der Waals surface area (Å²) < 4.78 is 12.2. The maximum absolute atomic E-state index is 11.5. The average Bonchev–Trinajstić information content (AvgIpc) is 2.94. The summed E-state index contributed by atoms with van der Waals surface area (Å²) >= 11 is 0. The Morgan fingerprint density at radius 1 is 1.23 bits per heavy atom. The average molecular weight is 297 g/mol. The van der Waals surface area contributed by atoms with Crippen molar-refractivity contribution < 1.29 is 14.3 Å². The maximum atomic E-state index is 11.5. The summed E-state index contributed by atoms with van der Waals surface area (Å²) in [5, 5.41) is 8.15. The summed E-state index contributed by atoms with van der Waals surface area (Å²) in [4.78, 5) is 11.5. The van der Waals surface area contributed by atoms with E-state index in [-0.39, 0.29) is 0 Å². The third-order valence-corrected chi connectivity index (χ3v) is 3.26. The van der Waals surface area contributed by atoms with Crippen LogP contribution in [0.1, 0.15) is 21.7 Å². The van der Waals surface area contributed by atoms with Gasteiger partial charge in [0.25, 0.3) is 0 Å². The predicted molar refractivity (Wildman–Crippen MR) is 79.8 cm³/mol. The molecule has 0 atom stereocenters. The minimum atomic E-state index is -0.400. The Labute approximate surface area is 127 Å². The van der Waals surface area contributed by atoms with Gasteiger partial charge in [-0.3, -0.25) is 4.40 Å². The van der Waals surface area contributed by atoms with Crippen LogP contribution in [-0.4, -0.2) is 27.7 Å². The number of ether oxygens (including phenoxy) is 2. The van der Waals surface area contributed by atoms with Gasteiger partial charge in [-0.1, -0.05) is 12.1 Å². The van der Waals surface area contributed by atoms with E-state index in [1.54, 1.807) is 22.7 Å². The Morgan fingerprint density at radius 2 is 2.09 bits per heavy atom. The van der Waals surface area contributed by atoms with E-state index < -0.39 is 5.97 Å². The molecule has 0 fully saturated rings. The highest BCUT2D eigenvalue weighted by Gasteiger charge is 2.10. The van der Waals surface area contributed by atoms with E-state index in [2.05, 4.69) is 14.9 Å². The number of carbonyl (C=O) groups is 1. The fourth-order valence-electron chi connectivity index (χ4n) is 2.14. The first kappa shape index (κ1) is 14.1. The van der Waals surface area contributed by atoms with Crippen LogP contribution in [0, 0.1) is 6.92 Å². The molecule has 6 nitrogen and oxygen atoms in total. The molecule has 0 aliphatic heterocycles. The molecule has 2 heterocycles. The van der Waals surface area contributed by atoms with Crippen LogP contribution in [-0.2, 0) is 11.3 Å². The number of esters is 1. The normalized spacial score (nSPS) is 10.6. The Morgan fingerprint density at radius 3 is 2.86 bits per heavy atom. The minimum Gasteiger partial charge on any atom is -0.486 e. The highest BCUT2D eigenvalue weighted by molar-refractivity contribution is 5.90. The molecule has 0 radical (unpaired) electrons. The van der Waals surface area contributed by atoms with Crippen LogP contribution in [0.25, 0.3) is 5.65 Å². The van der Waals surface area contributed by atoms with Gasteiger partial charge in [0.05, 0.1) is 12.7 Å². The van der Waals surface area contributed by atoms with Crippen LogP contribution in [0.5, 0.6) is 5.75 Å². The minimum absolute atomic E-state index is 0.294. The SMILES string of the molecule is COC(=O)c1ccn2c(COc3cccc(C)c3)nnc2c1. The van der Waals surface area contributed by atoms with Gasteiger partial charge >= 0.3 is 5.97 Å². The molecule has 0 saturated heterocycles. The van der Waals surface area contributed by atoms with Crippen molar-refractivity contribution in [2.75, 3.05) is 7.11 Å². The summed E-state index contributed by atoms with van der Waals surface area (Å²) in [5.74, 6) is 1.04. The molecule has 0 aliphatic rings. The van der Waals surface area contributed by atoms with Crippen molar-refractivity contribution in [3.63, 3.8) is 0 Å². The number of rotatable bonds is 4. The van der Waals surface area contributed by atoms with E-state index in [9.17, 15) is 4.79 Å². The van der Waals surface area contributed by atoms with Crippen molar-refractivity contribution in [3.8, 4) is 5.75 Å². The van der Waals surface area contributed by atoms with Crippen LogP contribution in [0.3, 0.4) is 0 Å². The number of fused-ring (bicyclic) bond motifs is 1. The highest BCUT2D eigenvalue weighted by Crippen LogP contribution is 2.15. The van der Waals surface area contributed by atoms with E-state index in [1.165, 1.54) is 7.11 Å². The quantitative estimate of drug-likeness (QED) is 0.692. The van der Waals surface area contributed by atoms with Gasteiger partial charge in [0.1, 0.15) is 12.4 Å². The second kappa shape index (κ2) is 5.85. The predicted octanol–water partition coefficient (Wildman–Crippen LogP) is 2.40. The van der Waals surface area contributed by atoms with Gasteiger partial charge in [-0.05, 0) is 36.8 Å². The number of aromatic nitrogens is 3. The van der Waals surface area contributed by atoms with Gasteiger partial charge < -0.3 is 9.47 Å². The molecule has 0 saturated carbocycles. The largest absolute Gasteiger partial charge is 0.486 e. The summed E-state index contributed by atoms with van der Waals surface area (Å²) in [6, 6.07) is 11.1. The van der Waals surface area contributed by atoms with Gasteiger partial charge in [-0.25, -0.2) is 4.79 Å². The zero-order valence-electron chi connectivity index (χ0n) is 12.3. The Bertz CT molecular complexity index is 826. The van der Waals surface area contributed by atoms with E-state index in [4.69, 9.17) is 4.74 Å². The monoisotopic (exact) mass is 297 g/mol. The van der Waals surface area contributed by atoms with E-state index in [1.807, 2.05) is 31.2 Å². The number of methoxy groups -OCH3 is 1. The summed E-state index contributed by atoms with van der Waals surface area (Å²) in [6.45, 7) is 2.30. The van der Waals surface area contributed by atoms with Crippen LogP contribution >= 0.6 is 0 Å². The van der Waals surface area contributed by atoms with Crippen molar-refractivity contribution in [2.45, 2.75) is 13.5 Å². The molecule has 0 unspecified atom stereocenters. The number of nitrogens with zero attached hydrogens (tertiary/aromatic N) is 3. The lowest BCUT2D eigenvalue weighted by Crippen LogP contribution is -2.04. The smallest absolute Gasteiger partial charge is 0.338 e. The van der Waals surface area contributed by atoms with Gasteiger partial charge in [-0.2, -0.15) is 0 Å². The molecule has 6 heteroatoms. The molecule has 0 aliphatic carbocycles. The van der Waals surface area contributed by atoms with Gasteiger partial charge in [0.15, 0.2) is 11.5 Å². The molecule has 0 N–H and O–H groups in total. The lowest BCUT2D eigenvalue weighted by atomic mass is 10.2. The standard InChI is InChI=1S/C16H15N3O3/c1-11-4-3-5-13(8-11)22-10-15-18-17-14-9-12(16(20)21-2)6-7-19(14)15/h3-9H,10H2,1-2H3. The molecule has 3 aromatic rings. The molecule has 2 aromatic heterocycles. The molecule has 0 bridgehead atoms. The van der Waals surface area contributed by atoms with Gasteiger partial charge in [-0.15, -0.1) is 10.2 Å².